The van der Waals surface area contributed by atoms with Crippen LogP contribution in [0.2, 0.25) is 0 Å². The summed E-state index contributed by atoms with van der Waals surface area (Å²) in [6.45, 7) is 7.53. The molecule has 4 heteroatoms. The average Bonchev–Trinajstić information content (AvgIpc) is 3.02. The fraction of sp³-hybridized carbons (Fsp3) is 0.286. The van der Waals surface area contributed by atoms with Gasteiger partial charge in [-0.1, -0.05) is 37.3 Å². The summed E-state index contributed by atoms with van der Waals surface area (Å²) in [5.74, 6) is 2.25. The number of nitrogens with zero attached hydrogens (tertiary/aromatic N) is 1. The van der Waals surface area contributed by atoms with Gasteiger partial charge in [0.15, 0.2) is 0 Å². The molecular formula is C21H24N2O2. The zero-order valence-electron chi connectivity index (χ0n) is 15.0. The van der Waals surface area contributed by atoms with Crippen molar-refractivity contribution in [2.75, 3.05) is 6.54 Å². The molecule has 1 aromatic heterocycles. The number of nitrogens with one attached hydrogen (secondary N) is 1. The predicted octanol–water partition coefficient (Wildman–Crippen LogP) is 4.90. The van der Waals surface area contributed by atoms with E-state index < -0.39 is 0 Å². The van der Waals surface area contributed by atoms with Crippen molar-refractivity contribution in [2.45, 2.75) is 33.4 Å². The lowest BCUT2D eigenvalue weighted by Gasteiger charge is -2.13. The molecule has 2 aromatic carbocycles. The summed E-state index contributed by atoms with van der Waals surface area (Å²) < 4.78 is 11.6. The van der Waals surface area contributed by atoms with Gasteiger partial charge in [-0.2, -0.15) is 0 Å². The molecule has 0 bridgehead atoms. The smallest absolute Gasteiger partial charge is 0.226 e. The Labute approximate surface area is 148 Å². The summed E-state index contributed by atoms with van der Waals surface area (Å²) in [7, 11) is 0. The first-order chi connectivity index (χ1) is 12.2. The second kappa shape index (κ2) is 7.99. The number of rotatable bonds is 7. The fourth-order valence-electron chi connectivity index (χ4n) is 2.69. The molecule has 0 saturated carbocycles. The van der Waals surface area contributed by atoms with E-state index in [1.54, 1.807) is 0 Å². The van der Waals surface area contributed by atoms with Gasteiger partial charge in [-0.3, -0.25) is 0 Å². The Morgan fingerprint density at radius 2 is 1.80 bits per heavy atom. The van der Waals surface area contributed by atoms with Crippen LogP contribution in [-0.4, -0.2) is 11.5 Å². The van der Waals surface area contributed by atoms with E-state index in [4.69, 9.17) is 9.15 Å². The van der Waals surface area contributed by atoms with Gasteiger partial charge in [0, 0.05) is 11.6 Å². The Kier molecular flexibility index (Phi) is 5.51. The number of aromatic nitrogens is 1. The maximum Gasteiger partial charge on any atom is 0.226 e. The van der Waals surface area contributed by atoms with Crippen molar-refractivity contribution in [2.24, 2.45) is 0 Å². The molecule has 0 aliphatic rings. The van der Waals surface area contributed by atoms with Crippen LogP contribution in [0.3, 0.4) is 0 Å². The van der Waals surface area contributed by atoms with Crippen LogP contribution in [-0.2, 0) is 6.61 Å². The highest BCUT2D eigenvalue weighted by atomic mass is 16.5. The molecule has 0 saturated heterocycles. The van der Waals surface area contributed by atoms with E-state index in [1.165, 1.54) is 5.56 Å². The van der Waals surface area contributed by atoms with Gasteiger partial charge in [0.05, 0.1) is 0 Å². The van der Waals surface area contributed by atoms with Crippen LogP contribution < -0.4 is 10.1 Å². The molecule has 0 unspecified atom stereocenters. The van der Waals surface area contributed by atoms with E-state index in [-0.39, 0.29) is 0 Å². The van der Waals surface area contributed by atoms with Gasteiger partial charge in [-0.25, -0.2) is 4.98 Å². The van der Waals surface area contributed by atoms with Crippen molar-refractivity contribution in [1.29, 1.82) is 0 Å². The molecule has 0 amide bonds. The summed E-state index contributed by atoms with van der Waals surface area (Å²) in [4.78, 5) is 4.56. The topological polar surface area (TPSA) is 47.3 Å². The summed E-state index contributed by atoms with van der Waals surface area (Å²) in [5.41, 5.74) is 3.04. The highest BCUT2D eigenvalue weighted by Gasteiger charge is 2.12. The van der Waals surface area contributed by atoms with Crippen molar-refractivity contribution < 1.29 is 9.15 Å². The molecule has 130 valence electrons. The van der Waals surface area contributed by atoms with E-state index >= 15 is 0 Å². The SMILES string of the molecule is CCN[C@@H](C)c1ccc(OCc2nc(-c3ccccc3)oc2C)cc1. The Morgan fingerprint density at radius 1 is 1.08 bits per heavy atom. The number of benzene rings is 2. The lowest BCUT2D eigenvalue weighted by Crippen LogP contribution is -2.17. The van der Waals surface area contributed by atoms with Crippen LogP contribution in [0, 0.1) is 6.92 Å². The van der Waals surface area contributed by atoms with Gasteiger partial charge in [0.2, 0.25) is 5.89 Å². The largest absolute Gasteiger partial charge is 0.487 e. The zero-order chi connectivity index (χ0) is 17.6. The normalized spacial score (nSPS) is 12.1. The second-order valence-electron chi connectivity index (χ2n) is 6.02. The van der Waals surface area contributed by atoms with Gasteiger partial charge in [-0.15, -0.1) is 0 Å². The highest BCUT2D eigenvalue weighted by molar-refractivity contribution is 5.53. The molecule has 1 N–H and O–H groups in total. The molecule has 1 heterocycles. The van der Waals surface area contributed by atoms with E-state index in [2.05, 4.69) is 36.3 Å². The second-order valence-corrected chi connectivity index (χ2v) is 6.02. The molecule has 0 aliphatic heterocycles. The number of aryl methyl sites for hydroxylation is 1. The standard InChI is InChI=1S/C21H24N2O2/c1-4-22-15(2)17-10-12-19(13-11-17)24-14-20-16(3)25-21(23-20)18-8-6-5-7-9-18/h5-13,15,22H,4,14H2,1-3H3/t15-/m0/s1. The van der Waals surface area contributed by atoms with E-state index in [0.717, 1.165) is 29.3 Å². The minimum Gasteiger partial charge on any atom is -0.487 e. The van der Waals surface area contributed by atoms with Crippen molar-refractivity contribution >= 4 is 0 Å². The first kappa shape index (κ1) is 17.2. The maximum absolute atomic E-state index is 5.87. The van der Waals surface area contributed by atoms with Crippen molar-refractivity contribution in [1.82, 2.24) is 10.3 Å². The average molecular weight is 336 g/mol. The van der Waals surface area contributed by atoms with Gasteiger partial charge in [0.1, 0.15) is 23.8 Å². The van der Waals surface area contributed by atoms with Crippen LogP contribution in [0.15, 0.2) is 59.0 Å². The maximum atomic E-state index is 5.87. The third-order valence-corrected chi connectivity index (χ3v) is 4.18. The van der Waals surface area contributed by atoms with Crippen LogP contribution in [0.1, 0.15) is 36.9 Å². The van der Waals surface area contributed by atoms with E-state index in [0.29, 0.717) is 18.5 Å². The first-order valence-corrected chi connectivity index (χ1v) is 8.65. The van der Waals surface area contributed by atoms with Crippen LogP contribution in [0.4, 0.5) is 0 Å². The van der Waals surface area contributed by atoms with Crippen molar-refractivity contribution in [3.63, 3.8) is 0 Å². The van der Waals surface area contributed by atoms with Gasteiger partial charge >= 0.3 is 0 Å². The molecule has 3 rings (SSSR count). The van der Waals surface area contributed by atoms with Gasteiger partial charge < -0.3 is 14.5 Å². The summed E-state index contributed by atoms with van der Waals surface area (Å²) >= 11 is 0. The van der Waals surface area contributed by atoms with Gasteiger partial charge in [0.25, 0.3) is 0 Å². The zero-order valence-corrected chi connectivity index (χ0v) is 15.0. The lowest BCUT2D eigenvalue weighted by molar-refractivity contribution is 0.299. The minimum atomic E-state index is 0.338. The lowest BCUT2D eigenvalue weighted by atomic mass is 10.1. The summed E-state index contributed by atoms with van der Waals surface area (Å²) in [6.07, 6.45) is 0. The van der Waals surface area contributed by atoms with Gasteiger partial charge in [-0.05, 0) is 50.2 Å². The fourth-order valence-corrected chi connectivity index (χ4v) is 2.69. The molecule has 0 aliphatic carbocycles. The molecule has 4 nitrogen and oxygen atoms in total. The van der Waals surface area contributed by atoms with Crippen molar-refractivity contribution in [3.05, 3.63) is 71.6 Å². The monoisotopic (exact) mass is 336 g/mol. The molecule has 0 spiro atoms. The van der Waals surface area contributed by atoms with Crippen LogP contribution in [0.25, 0.3) is 11.5 Å². The number of hydrogen-bond donors (Lipinski definition) is 1. The van der Waals surface area contributed by atoms with Crippen LogP contribution in [0.5, 0.6) is 5.75 Å². The molecule has 0 fully saturated rings. The first-order valence-electron chi connectivity index (χ1n) is 8.65. The Balaban J connectivity index is 1.65. The quantitative estimate of drug-likeness (QED) is 0.666. The Bertz CT molecular complexity index is 795. The molecule has 1 atom stereocenters. The van der Waals surface area contributed by atoms with Crippen molar-refractivity contribution in [3.8, 4) is 17.2 Å². The minimum absolute atomic E-state index is 0.338. The Morgan fingerprint density at radius 3 is 2.48 bits per heavy atom. The molecule has 0 radical (unpaired) electrons. The summed E-state index contributed by atoms with van der Waals surface area (Å²) in [6, 6.07) is 18.4. The van der Waals surface area contributed by atoms with Crippen LogP contribution >= 0.6 is 0 Å². The van der Waals surface area contributed by atoms with E-state index in [9.17, 15) is 0 Å². The summed E-state index contributed by atoms with van der Waals surface area (Å²) in [5, 5.41) is 3.40. The molecule has 3 aromatic rings. The number of hydrogen-bond acceptors (Lipinski definition) is 4. The number of ether oxygens (including phenoxy) is 1. The molecule has 25 heavy (non-hydrogen) atoms. The number of oxazole rings is 1. The predicted molar refractivity (Wildman–Crippen MR) is 99.5 cm³/mol. The highest BCUT2D eigenvalue weighted by Crippen LogP contribution is 2.23. The Hall–Kier alpha value is -2.59. The molecular weight excluding hydrogens is 312 g/mol. The third-order valence-electron chi connectivity index (χ3n) is 4.18. The third kappa shape index (κ3) is 4.28. The van der Waals surface area contributed by atoms with E-state index in [1.807, 2.05) is 49.4 Å².